The van der Waals surface area contributed by atoms with Crippen molar-refractivity contribution in [3.05, 3.63) is 37.2 Å². The zero-order valence-corrected chi connectivity index (χ0v) is 20.0. The molecule has 0 saturated carbocycles. The smallest absolute Gasteiger partial charge is 0.322 e. The quantitative estimate of drug-likeness (QED) is 0.466. The number of hydrogen-bond donors (Lipinski definition) is 3. The average molecular weight is 457 g/mol. The van der Waals surface area contributed by atoms with Gasteiger partial charge in [0, 0.05) is 46.4 Å². The second-order valence-electron chi connectivity index (χ2n) is 7.49. The summed E-state index contributed by atoms with van der Waals surface area (Å²) in [4.78, 5) is 37.8. The van der Waals surface area contributed by atoms with Gasteiger partial charge in [0.05, 0.1) is 24.2 Å². The lowest BCUT2D eigenvalue weighted by Crippen LogP contribution is -2.35. The molecule has 1 heterocycles. The SMILES string of the molecule is C=CC(=O)Nc1cc(Nc2cc(N(C)C(=O)NC)ncn2)c(OC)cc1N(C)CCN(C)C. The maximum atomic E-state index is 12.1. The number of anilines is 5. The van der Waals surface area contributed by atoms with Crippen molar-refractivity contribution >= 4 is 40.6 Å². The van der Waals surface area contributed by atoms with Gasteiger partial charge >= 0.3 is 6.03 Å². The third kappa shape index (κ3) is 6.81. The summed E-state index contributed by atoms with van der Waals surface area (Å²) in [6.45, 7) is 5.10. The highest BCUT2D eigenvalue weighted by Crippen LogP contribution is 2.38. The number of urea groups is 1. The minimum absolute atomic E-state index is 0.309. The predicted molar refractivity (Wildman–Crippen MR) is 132 cm³/mol. The Labute approximate surface area is 194 Å². The van der Waals surface area contributed by atoms with Gasteiger partial charge in [0.1, 0.15) is 23.7 Å². The van der Waals surface area contributed by atoms with E-state index < -0.39 is 0 Å². The molecule has 0 aliphatic rings. The van der Waals surface area contributed by atoms with E-state index in [-0.39, 0.29) is 11.9 Å². The number of rotatable bonds is 10. The van der Waals surface area contributed by atoms with Crippen LogP contribution in [-0.4, -0.2) is 82.2 Å². The van der Waals surface area contributed by atoms with Gasteiger partial charge in [-0.25, -0.2) is 14.8 Å². The minimum Gasteiger partial charge on any atom is -0.494 e. The van der Waals surface area contributed by atoms with Gasteiger partial charge in [-0.1, -0.05) is 6.58 Å². The third-order valence-electron chi connectivity index (χ3n) is 4.83. The Hall–Kier alpha value is -3.86. The van der Waals surface area contributed by atoms with Crippen LogP contribution in [0.1, 0.15) is 0 Å². The molecule has 0 aliphatic heterocycles. The highest BCUT2D eigenvalue weighted by atomic mass is 16.5. The van der Waals surface area contributed by atoms with Crippen LogP contribution in [0.4, 0.5) is 33.5 Å². The predicted octanol–water partition coefficient (Wildman–Crippen LogP) is 2.13. The summed E-state index contributed by atoms with van der Waals surface area (Å²) in [7, 11) is 10.7. The van der Waals surface area contributed by atoms with Gasteiger partial charge in [-0.15, -0.1) is 0 Å². The maximum absolute atomic E-state index is 12.1. The van der Waals surface area contributed by atoms with E-state index in [2.05, 4.69) is 37.4 Å². The molecule has 11 nitrogen and oxygen atoms in total. The molecule has 2 rings (SSSR count). The molecule has 1 aromatic carbocycles. The Balaban J connectivity index is 2.44. The fourth-order valence-electron chi connectivity index (χ4n) is 2.91. The molecule has 0 fully saturated rings. The molecule has 0 radical (unpaired) electrons. The van der Waals surface area contributed by atoms with Crippen LogP contribution in [0.15, 0.2) is 37.2 Å². The number of carbonyl (C=O) groups is 2. The standard InChI is InChI=1S/C22H32N8O3/c1-8-21(31)27-15-11-16(18(33-7)12-17(15)29(5)10-9-28(3)4)26-19-13-20(25-14-24-19)30(6)22(32)23-2/h8,11-14H,1,9-10H2,2-7H3,(H,23,32)(H,27,31)(H,24,25,26). The van der Waals surface area contributed by atoms with Crippen LogP contribution in [0.5, 0.6) is 5.75 Å². The first-order valence-corrected chi connectivity index (χ1v) is 10.3. The van der Waals surface area contributed by atoms with Crippen LogP contribution in [0, 0.1) is 0 Å². The van der Waals surface area contributed by atoms with Gasteiger partial charge in [0.2, 0.25) is 5.91 Å². The minimum atomic E-state index is -0.329. The zero-order valence-electron chi connectivity index (χ0n) is 20.0. The molecule has 0 bridgehead atoms. The highest BCUT2D eigenvalue weighted by Gasteiger charge is 2.17. The Bertz CT molecular complexity index is 996. The van der Waals surface area contributed by atoms with Crippen LogP contribution in [0.2, 0.25) is 0 Å². The maximum Gasteiger partial charge on any atom is 0.322 e. The summed E-state index contributed by atoms with van der Waals surface area (Å²) < 4.78 is 5.60. The summed E-state index contributed by atoms with van der Waals surface area (Å²) in [5.41, 5.74) is 1.95. The van der Waals surface area contributed by atoms with Crippen LogP contribution < -0.4 is 30.5 Å². The Morgan fingerprint density at radius 3 is 2.42 bits per heavy atom. The molecular formula is C22H32N8O3. The summed E-state index contributed by atoms with van der Waals surface area (Å²) in [5, 5.41) is 8.59. The van der Waals surface area contributed by atoms with Crippen LogP contribution in [0.3, 0.4) is 0 Å². The van der Waals surface area contributed by atoms with Crippen molar-refractivity contribution < 1.29 is 14.3 Å². The number of methoxy groups -OCH3 is 1. The van der Waals surface area contributed by atoms with E-state index in [0.29, 0.717) is 28.8 Å². The fraction of sp³-hybridized carbons (Fsp3) is 0.364. The molecule has 3 amide bonds. The number of hydrogen-bond acceptors (Lipinski definition) is 8. The van der Waals surface area contributed by atoms with Crippen LogP contribution in [-0.2, 0) is 4.79 Å². The third-order valence-corrected chi connectivity index (χ3v) is 4.83. The molecule has 11 heteroatoms. The fourth-order valence-corrected chi connectivity index (χ4v) is 2.91. The first-order chi connectivity index (χ1) is 15.7. The van der Waals surface area contributed by atoms with E-state index in [1.165, 1.54) is 17.3 Å². The lowest BCUT2D eigenvalue weighted by Gasteiger charge is -2.26. The normalized spacial score (nSPS) is 10.4. The van der Waals surface area contributed by atoms with E-state index in [4.69, 9.17) is 4.74 Å². The van der Waals surface area contributed by atoms with Gasteiger partial charge in [0.15, 0.2) is 0 Å². The monoisotopic (exact) mass is 456 g/mol. The average Bonchev–Trinajstić information content (AvgIpc) is 2.81. The second-order valence-corrected chi connectivity index (χ2v) is 7.49. The lowest BCUT2D eigenvalue weighted by atomic mass is 10.2. The van der Waals surface area contributed by atoms with Crippen molar-refractivity contribution in [2.45, 2.75) is 0 Å². The van der Waals surface area contributed by atoms with E-state index in [0.717, 1.165) is 18.8 Å². The number of nitrogens with one attached hydrogen (secondary N) is 3. The number of carbonyl (C=O) groups excluding carboxylic acids is 2. The van der Waals surface area contributed by atoms with Crippen molar-refractivity contribution in [3.8, 4) is 5.75 Å². The Kier molecular flexibility index (Phi) is 8.98. The zero-order chi connectivity index (χ0) is 24.5. The molecule has 0 atom stereocenters. The largest absolute Gasteiger partial charge is 0.494 e. The van der Waals surface area contributed by atoms with Crippen molar-refractivity contribution in [2.75, 3.05) is 75.9 Å². The van der Waals surface area contributed by atoms with E-state index in [1.54, 1.807) is 33.3 Å². The number of aromatic nitrogens is 2. The highest BCUT2D eigenvalue weighted by molar-refractivity contribution is 6.02. The summed E-state index contributed by atoms with van der Waals surface area (Å²) in [6.07, 6.45) is 2.57. The first-order valence-electron chi connectivity index (χ1n) is 10.3. The van der Waals surface area contributed by atoms with Gasteiger partial charge in [-0.2, -0.15) is 0 Å². The molecule has 0 spiro atoms. The van der Waals surface area contributed by atoms with Crippen LogP contribution >= 0.6 is 0 Å². The molecule has 2 aromatic rings. The number of nitrogens with zero attached hydrogens (tertiary/aromatic N) is 5. The van der Waals surface area contributed by atoms with Gasteiger partial charge < -0.3 is 30.5 Å². The van der Waals surface area contributed by atoms with Crippen molar-refractivity contribution in [1.82, 2.24) is 20.2 Å². The summed E-state index contributed by atoms with van der Waals surface area (Å²) >= 11 is 0. The Morgan fingerprint density at radius 1 is 1.09 bits per heavy atom. The van der Waals surface area contributed by atoms with E-state index in [1.807, 2.05) is 32.1 Å². The number of ether oxygens (including phenoxy) is 1. The molecule has 178 valence electrons. The topological polar surface area (TPSA) is 115 Å². The molecule has 0 aliphatic carbocycles. The number of likely N-dealkylation sites (N-methyl/N-ethyl adjacent to an activating group) is 2. The summed E-state index contributed by atoms with van der Waals surface area (Å²) in [6, 6.07) is 4.94. The first kappa shape index (κ1) is 25.4. The van der Waals surface area contributed by atoms with Crippen molar-refractivity contribution in [2.24, 2.45) is 0 Å². The molecule has 1 aromatic heterocycles. The van der Waals surface area contributed by atoms with Gasteiger partial charge in [-0.3, -0.25) is 9.69 Å². The summed E-state index contributed by atoms with van der Waals surface area (Å²) in [5.74, 6) is 1.08. The van der Waals surface area contributed by atoms with Crippen molar-refractivity contribution in [3.63, 3.8) is 0 Å². The molecule has 0 saturated heterocycles. The molecule has 3 N–H and O–H groups in total. The Morgan fingerprint density at radius 2 is 1.82 bits per heavy atom. The van der Waals surface area contributed by atoms with Crippen LogP contribution in [0.25, 0.3) is 0 Å². The van der Waals surface area contributed by atoms with E-state index >= 15 is 0 Å². The lowest BCUT2D eigenvalue weighted by molar-refractivity contribution is -0.111. The number of amides is 3. The van der Waals surface area contributed by atoms with Gasteiger partial charge in [0.25, 0.3) is 0 Å². The molecular weight excluding hydrogens is 424 g/mol. The molecule has 0 unspecified atom stereocenters. The van der Waals surface area contributed by atoms with Gasteiger partial charge in [-0.05, 0) is 26.2 Å². The second kappa shape index (κ2) is 11.7. The number of benzene rings is 1. The van der Waals surface area contributed by atoms with Crippen molar-refractivity contribution in [1.29, 1.82) is 0 Å². The van der Waals surface area contributed by atoms with E-state index in [9.17, 15) is 9.59 Å². The molecule has 33 heavy (non-hydrogen) atoms.